The van der Waals surface area contributed by atoms with Crippen LogP contribution >= 0.6 is 0 Å². The lowest BCUT2D eigenvalue weighted by atomic mass is 10.2. The third kappa shape index (κ3) is 3.18. The van der Waals surface area contributed by atoms with E-state index in [4.69, 9.17) is 11.0 Å². The minimum atomic E-state index is -1.18. The van der Waals surface area contributed by atoms with Crippen LogP contribution in [0.15, 0.2) is 41.4 Å². The molecule has 2 aromatic rings. The second kappa shape index (κ2) is 5.63. The van der Waals surface area contributed by atoms with E-state index in [1.165, 1.54) is 0 Å². The van der Waals surface area contributed by atoms with Gasteiger partial charge in [-0.25, -0.2) is 4.98 Å². The largest absolute Gasteiger partial charge is 0.399 e. The van der Waals surface area contributed by atoms with Gasteiger partial charge in [0.05, 0.1) is 16.6 Å². The van der Waals surface area contributed by atoms with Crippen LogP contribution in [0.5, 0.6) is 0 Å². The van der Waals surface area contributed by atoms with Crippen LogP contribution < -0.4 is 5.73 Å². The van der Waals surface area contributed by atoms with E-state index in [1.807, 2.05) is 19.1 Å². The third-order valence-electron chi connectivity index (χ3n) is 2.69. The van der Waals surface area contributed by atoms with Crippen molar-refractivity contribution in [2.45, 2.75) is 17.6 Å². The Labute approximate surface area is 114 Å². The average molecular weight is 271 g/mol. The first-order valence-electron chi connectivity index (χ1n) is 5.69. The van der Waals surface area contributed by atoms with Gasteiger partial charge in [0, 0.05) is 16.8 Å². The molecule has 0 spiro atoms. The van der Waals surface area contributed by atoms with Crippen molar-refractivity contribution < 1.29 is 4.21 Å². The van der Waals surface area contributed by atoms with Crippen LogP contribution in [0.25, 0.3) is 0 Å². The second-order valence-corrected chi connectivity index (χ2v) is 5.60. The lowest BCUT2D eigenvalue weighted by Crippen LogP contribution is -2.01. The van der Waals surface area contributed by atoms with Crippen molar-refractivity contribution in [2.75, 3.05) is 5.73 Å². The minimum absolute atomic E-state index is 0.332. The van der Waals surface area contributed by atoms with Gasteiger partial charge in [-0.1, -0.05) is 6.07 Å². The number of nitrogens with zero attached hydrogens (tertiary/aromatic N) is 2. The van der Waals surface area contributed by atoms with Gasteiger partial charge in [0.1, 0.15) is 11.8 Å². The molecule has 0 aliphatic carbocycles. The molecule has 1 aromatic carbocycles. The summed E-state index contributed by atoms with van der Waals surface area (Å²) < 4.78 is 12.3. The van der Waals surface area contributed by atoms with E-state index >= 15 is 0 Å². The third-order valence-corrected chi connectivity index (χ3v) is 4.22. The number of hydrogen-bond acceptors (Lipinski definition) is 4. The lowest BCUT2D eigenvalue weighted by molar-refractivity contribution is 0.682. The Bertz CT molecular complexity index is 677. The van der Waals surface area contributed by atoms with Crippen molar-refractivity contribution in [3.8, 4) is 6.07 Å². The zero-order valence-corrected chi connectivity index (χ0v) is 11.3. The standard InChI is InChI=1S/C14H13N3OS/c1-10-2-3-12(16)7-14(10)19(18)9-11-4-5-17-13(6-11)8-15/h2-7H,9,16H2,1H3. The molecule has 4 nitrogen and oxygen atoms in total. The summed E-state index contributed by atoms with van der Waals surface area (Å²) >= 11 is 0. The number of nitrogens with two attached hydrogens (primary N) is 1. The molecule has 0 radical (unpaired) electrons. The molecule has 0 fully saturated rings. The first-order valence-corrected chi connectivity index (χ1v) is 7.01. The average Bonchev–Trinajstić information content (AvgIpc) is 2.41. The Morgan fingerprint density at radius 1 is 1.37 bits per heavy atom. The zero-order valence-electron chi connectivity index (χ0n) is 10.5. The fraction of sp³-hybridized carbons (Fsp3) is 0.143. The van der Waals surface area contributed by atoms with Crippen molar-refractivity contribution in [1.29, 1.82) is 5.26 Å². The van der Waals surface area contributed by atoms with Gasteiger partial charge < -0.3 is 5.73 Å². The summed E-state index contributed by atoms with van der Waals surface area (Å²) in [5.74, 6) is 0.349. The maximum atomic E-state index is 12.3. The van der Waals surface area contributed by atoms with Gasteiger partial charge in [0.15, 0.2) is 0 Å². The molecule has 96 valence electrons. The summed E-state index contributed by atoms with van der Waals surface area (Å²) in [5, 5.41) is 8.79. The van der Waals surface area contributed by atoms with Crippen LogP contribution in [0.3, 0.4) is 0 Å². The number of benzene rings is 1. The number of rotatable bonds is 3. The van der Waals surface area contributed by atoms with Crippen LogP contribution in [0, 0.1) is 18.3 Å². The molecule has 0 saturated carbocycles. The predicted molar refractivity (Wildman–Crippen MR) is 74.7 cm³/mol. The Hall–Kier alpha value is -2.19. The monoisotopic (exact) mass is 271 g/mol. The second-order valence-electron chi connectivity index (χ2n) is 4.18. The van der Waals surface area contributed by atoms with Crippen molar-refractivity contribution in [3.05, 3.63) is 53.3 Å². The topological polar surface area (TPSA) is 79.8 Å². The van der Waals surface area contributed by atoms with Crippen molar-refractivity contribution in [1.82, 2.24) is 4.98 Å². The normalized spacial score (nSPS) is 11.8. The van der Waals surface area contributed by atoms with Gasteiger partial charge in [-0.05, 0) is 42.3 Å². The van der Waals surface area contributed by atoms with Gasteiger partial charge in [-0.3, -0.25) is 4.21 Å². The Balaban J connectivity index is 2.26. The number of nitriles is 1. The Morgan fingerprint density at radius 3 is 2.89 bits per heavy atom. The van der Waals surface area contributed by atoms with Crippen LogP contribution in [-0.4, -0.2) is 9.19 Å². The molecule has 0 amide bonds. The molecule has 19 heavy (non-hydrogen) atoms. The van der Waals surface area contributed by atoms with Gasteiger partial charge in [-0.15, -0.1) is 0 Å². The number of hydrogen-bond donors (Lipinski definition) is 1. The zero-order chi connectivity index (χ0) is 13.8. The van der Waals surface area contributed by atoms with E-state index in [1.54, 1.807) is 30.5 Å². The van der Waals surface area contributed by atoms with Gasteiger partial charge >= 0.3 is 0 Å². The van der Waals surface area contributed by atoms with Crippen molar-refractivity contribution >= 4 is 16.5 Å². The molecule has 5 heteroatoms. The smallest absolute Gasteiger partial charge is 0.140 e. The SMILES string of the molecule is Cc1ccc(N)cc1S(=O)Cc1ccnc(C#N)c1. The molecule has 1 heterocycles. The predicted octanol–water partition coefficient (Wildman–Crippen LogP) is 2.15. The van der Waals surface area contributed by atoms with E-state index in [0.717, 1.165) is 16.0 Å². The summed E-state index contributed by atoms with van der Waals surface area (Å²) in [5.41, 5.74) is 8.42. The first kappa shape index (κ1) is 13.2. The van der Waals surface area contributed by atoms with Crippen LogP contribution in [0.1, 0.15) is 16.8 Å². The summed E-state index contributed by atoms with van der Waals surface area (Å²) in [6.07, 6.45) is 1.55. The molecule has 1 unspecified atom stereocenters. The summed E-state index contributed by atoms with van der Waals surface area (Å²) in [7, 11) is -1.18. The van der Waals surface area contributed by atoms with Gasteiger partial charge in [0.25, 0.3) is 0 Å². The summed E-state index contributed by atoms with van der Waals surface area (Å²) in [6, 6.07) is 10.8. The fourth-order valence-corrected chi connectivity index (χ4v) is 3.05. The highest BCUT2D eigenvalue weighted by molar-refractivity contribution is 7.84. The number of pyridine rings is 1. The van der Waals surface area contributed by atoms with Crippen LogP contribution in [0.4, 0.5) is 5.69 Å². The molecule has 2 N–H and O–H groups in total. The number of anilines is 1. The summed E-state index contributed by atoms with van der Waals surface area (Å²) in [4.78, 5) is 4.62. The molecule has 0 aliphatic heterocycles. The molecule has 0 bridgehead atoms. The molecule has 0 saturated heterocycles. The van der Waals surface area contributed by atoms with Crippen molar-refractivity contribution in [2.24, 2.45) is 0 Å². The summed E-state index contributed by atoms with van der Waals surface area (Å²) in [6.45, 7) is 1.90. The molecule has 1 aromatic heterocycles. The first-order chi connectivity index (χ1) is 9.10. The molecular formula is C14H13N3OS. The molecular weight excluding hydrogens is 258 g/mol. The minimum Gasteiger partial charge on any atom is -0.399 e. The Morgan fingerprint density at radius 2 is 2.16 bits per heavy atom. The van der Waals surface area contributed by atoms with Crippen LogP contribution in [0.2, 0.25) is 0 Å². The quantitative estimate of drug-likeness (QED) is 0.867. The van der Waals surface area contributed by atoms with Gasteiger partial charge in [-0.2, -0.15) is 5.26 Å². The number of aromatic nitrogens is 1. The van der Waals surface area contributed by atoms with E-state index in [0.29, 0.717) is 17.1 Å². The molecule has 1 atom stereocenters. The fourth-order valence-electron chi connectivity index (χ4n) is 1.72. The van der Waals surface area contributed by atoms with Gasteiger partial charge in [0.2, 0.25) is 0 Å². The molecule has 0 aliphatic rings. The van der Waals surface area contributed by atoms with E-state index < -0.39 is 10.8 Å². The number of aryl methyl sites for hydroxylation is 1. The van der Waals surface area contributed by atoms with E-state index in [2.05, 4.69) is 4.98 Å². The number of nitrogen functional groups attached to an aromatic ring is 1. The maximum Gasteiger partial charge on any atom is 0.140 e. The Kier molecular flexibility index (Phi) is 3.93. The maximum absolute atomic E-state index is 12.3. The van der Waals surface area contributed by atoms with E-state index in [9.17, 15) is 4.21 Å². The van der Waals surface area contributed by atoms with Crippen LogP contribution in [-0.2, 0) is 16.6 Å². The van der Waals surface area contributed by atoms with Crippen molar-refractivity contribution in [3.63, 3.8) is 0 Å². The highest BCUT2D eigenvalue weighted by Gasteiger charge is 2.09. The lowest BCUT2D eigenvalue weighted by Gasteiger charge is -2.07. The highest BCUT2D eigenvalue weighted by Crippen LogP contribution is 2.19. The molecule has 2 rings (SSSR count). The van der Waals surface area contributed by atoms with E-state index in [-0.39, 0.29) is 0 Å². The highest BCUT2D eigenvalue weighted by atomic mass is 32.2.